The predicted molar refractivity (Wildman–Crippen MR) is 102 cm³/mol. The van der Waals surface area contributed by atoms with E-state index in [0.29, 0.717) is 5.92 Å². The molecular formula is C23H27F. The van der Waals surface area contributed by atoms with Crippen LogP contribution in [0.4, 0.5) is 4.39 Å². The summed E-state index contributed by atoms with van der Waals surface area (Å²) in [5, 5.41) is 0. The molecule has 0 bridgehead atoms. The van der Waals surface area contributed by atoms with E-state index in [1.54, 1.807) is 0 Å². The normalized spacial score (nSPS) is 21.2. The summed E-state index contributed by atoms with van der Waals surface area (Å²) in [5.74, 6) is 0.539. The Bertz CT molecular complexity index is 643. The summed E-state index contributed by atoms with van der Waals surface area (Å²) < 4.78 is 13.3. The smallest absolute Gasteiger partial charge is 0.100 e. The van der Waals surface area contributed by atoms with Crippen LogP contribution in [0.3, 0.4) is 0 Å². The van der Waals surface area contributed by atoms with Gasteiger partial charge in [-0.3, -0.25) is 0 Å². The lowest BCUT2D eigenvalue weighted by Gasteiger charge is -2.24. The molecule has 0 unspecified atom stereocenters. The van der Waals surface area contributed by atoms with Gasteiger partial charge in [-0.2, -0.15) is 0 Å². The summed E-state index contributed by atoms with van der Waals surface area (Å²) >= 11 is 0. The zero-order valence-corrected chi connectivity index (χ0v) is 14.5. The summed E-state index contributed by atoms with van der Waals surface area (Å²) in [6, 6.07) is 17.6. The first-order valence-electron chi connectivity index (χ1n) is 9.27. The molecule has 0 nitrogen and oxygen atoms in total. The predicted octanol–water partition coefficient (Wildman–Crippen LogP) is 7.16. The summed E-state index contributed by atoms with van der Waals surface area (Å²) in [5.41, 5.74) is 5.13. The fourth-order valence-corrected chi connectivity index (χ4v) is 3.51. The van der Waals surface area contributed by atoms with Gasteiger partial charge in [-0.15, -0.1) is 0 Å². The van der Waals surface area contributed by atoms with E-state index in [-0.39, 0.29) is 0 Å². The molecule has 1 heteroatoms. The number of rotatable bonds is 5. The Morgan fingerprint density at radius 1 is 0.875 bits per heavy atom. The minimum absolute atomic E-state index is 0.539. The average molecular weight is 322 g/mol. The molecular weight excluding hydrogens is 295 g/mol. The third-order valence-corrected chi connectivity index (χ3v) is 5.05. The molecule has 24 heavy (non-hydrogen) atoms. The largest absolute Gasteiger partial charge is 0.247 e. The maximum Gasteiger partial charge on any atom is 0.100 e. The second-order valence-corrected chi connectivity index (χ2v) is 6.88. The van der Waals surface area contributed by atoms with Crippen molar-refractivity contribution in [3.63, 3.8) is 0 Å². The Morgan fingerprint density at radius 3 is 2.04 bits per heavy atom. The second-order valence-electron chi connectivity index (χ2n) is 6.88. The fourth-order valence-electron chi connectivity index (χ4n) is 3.51. The average Bonchev–Trinajstić information content (AvgIpc) is 2.63. The minimum Gasteiger partial charge on any atom is -0.247 e. The van der Waals surface area contributed by atoms with Crippen molar-refractivity contribution in [1.82, 2.24) is 0 Å². The number of alkyl halides is 1. The standard InChI is InChI=1S/C23H27F/c1-2-3-4-5-18-6-8-19(9-7-18)20-10-12-21(13-11-20)22-14-16-23(24)17-15-22/h4-13,22-23H,2-3,14-17H2,1H3. The van der Waals surface area contributed by atoms with Gasteiger partial charge in [0.15, 0.2) is 0 Å². The first-order valence-corrected chi connectivity index (χ1v) is 9.27. The van der Waals surface area contributed by atoms with Crippen LogP contribution in [0.15, 0.2) is 54.6 Å². The van der Waals surface area contributed by atoms with Crippen molar-refractivity contribution in [2.45, 2.75) is 57.5 Å². The maximum atomic E-state index is 13.3. The molecule has 0 spiro atoms. The highest BCUT2D eigenvalue weighted by Crippen LogP contribution is 2.34. The Labute approximate surface area is 145 Å². The zero-order chi connectivity index (χ0) is 16.8. The van der Waals surface area contributed by atoms with E-state index in [2.05, 4.69) is 67.6 Å². The molecule has 0 heterocycles. The van der Waals surface area contributed by atoms with Gasteiger partial charge in [0.1, 0.15) is 6.17 Å². The van der Waals surface area contributed by atoms with Gasteiger partial charge in [0.05, 0.1) is 0 Å². The molecule has 2 aromatic rings. The summed E-state index contributed by atoms with van der Waals surface area (Å²) in [7, 11) is 0. The van der Waals surface area contributed by atoms with Gasteiger partial charge in [0.2, 0.25) is 0 Å². The SMILES string of the molecule is CCCC=Cc1ccc(-c2ccc(C3CCC(F)CC3)cc2)cc1. The number of hydrogen-bond acceptors (Lipinski definition) is 0. The van der Waals surface area contributed by atoms with Crippen molar-refractivity contribution >= 4 is 6.08 Å². The Balaban J connectivity index is 1.67. The van der Waals surface area contributed by atoms with Crippen LogP contribution in [-0.4, -0.2) is 6.17 Å². The molecule has 1 aliphatic carbocycles. The fraction of sp³-hybridized carbons (Fsp3) is 0.391. The lowest BCUT2D eigenvalue weighted by atomic mass is 9.83. The highest BCUT2D eigenvalue weighted by atomic mass is 19.1. The van der Waals surface area contributed by atoms with Crippen LogP contribution in [0, 0.1) is 0 Å². The molecule has 1 fully saturated rings. The van der Waals surface area contributed by atoms with E-state index in [9.17, 15) is 4.39 Å². The molecule has 3 rings (SSSR count). The number of benzene rings is 2. The van der Waals surface area contributed by atoms with Gasteiger partial charge in [0.25, 0.3) is 0 Å². The molecule has 0 aromatic heterocycles. The van der Waals surface area contributed by atoms with E-state index in [4.69, 9.17) is 0 Å². The first kappa shape index (κ1) is 17.0. The molecule has 2 aromatic carbocycles. The second kappa shape index (κ2) is 8.28. The molecule has 0 aliphatic heterocycles. The highest BCUT2D eigenvalue weighted by molar-refractivity contribution is 5.66. The molecule has 0 atom stereocenters. The molecule has 0 saturated heterocycles. The summed E-state index contributed by atoms with van der Waals surface area (Å²) in [6.07, 6.45) is 9.58. The highest BCUT2D eigenvalue weighted by Gasteiger charge is 2.21. The van der Waals surface area contributed by atoms with Gasteiger partial charge >= 0.3 is 0 Å². The van der Waals surface area contributed by atoms with Crippen LogP contribution in [0.5, 0.6) is 0 Å². The molecule has 0 amide bonds. The minimum atomic E-state index is -0.578. The van der Waals surface area contributed by atoms with Crippen molar-refractivity contribution in [2.24, 2.45) is 0 Å². The first-order chi connectivity index (χ1) is 11.8. The molecule has 0 N–H and O–H groups in total. The third kappa shape index (κ3) is 4.35. The van der Waals surface area contributed by atoms with Crippen LogP contribution in [-0.2, 0) is 0 Å². The van der Waals surface area contributed by atoms with Gasteiger partial charge in [0, 0.05) is 0 Å². The quantitative estimate of drug-likeness (QED) is 0.547. The monoisotopic (exact) mass is 322 g/mol. The van der Waals surface area contributed by atoms with Crippen molar-refractivity contribution in [2.75, 3.05) is 0 Å². The summed E-state index contributed by atoms with van der Waals surface area (Å²) in [6.45, 7) is 2.19. The lowest BCUT2D eigenvalue weighted by Crippen LogP contribution is -2.13. The molecule has 1 aliphatic rings. The number of hydrogen-bond donors (Lipinski definition) is 0. The van der Waals surface area contributed by atoms with Crippen LogP contribution in [0.25, 0.3) is 17.2 Å². The number of allylic oxidation sites excluding steroid dienone is 1. The van der Waals surface area contributed by atoms with Crippen molar-refractivity contribution in [1.29, 1.82) is 0 Å². The Hall–Kier alpha value is -1.89. The number of halogens is 1. The van der Waals surface area contributed by atoms with E-state index in [0.717, 1.165) is 32.1 Å². The van der Waals surface area contributed by atoms with E-state index >= 15 is 0 Å². The summed E-state index contributed by atoms with van der Waals surface area (Å²) in [4.78, 5) is 0. The van der Waals surface area contributed by atoms with E-state index in [1.807, 2.05) is 0 Å². The Kier molecular flexibility index (Phi) is 5.85. The van der Waals surface area contributed by atoms with Crippen LogP contribution < -0.4 is 0 Å². The zero-order valence-electron chi connectivity index (χ0n) is 14.5. The van der Waals surface area contributed by atoms with Crippen molar-refractivity contribution in [3.8, 4) is 11.1 Å². The van der Waals surface area contributed by atoms with Crippen molar-refractivity contribution in [3.05, 3.63) is 65.7 Å². The van der Waals surface area contributed by atoms with Crippen LogP contribution in [0.2, 0.25) is 0 Å². The number of unbranched alkanes of at least 4 members (excludes halogenated alkanes) is 1. The Morgan fingerprint density at radius 2 is 1.46 bits per heavy atom. The van der Waals surface area contributed by atoms with Gasteiger partial charge < -0.3 is 0 Å². The van der Waals surface area contributed by atoms with Gasteiger partial charge in [-0.05, 0) is 60.3 Å². The van der Waals surface area contributed by atoms with E-state index < -0.39 is 6.17 Å². The van der Waals surface area contributed by atoms with Gasteiger partial charge in [-0.25, -0.2) is 4.39 Å². The van der Waals surface area contributed by atoms with Gasteiger partial charge in [-0.1, -0.05) is 74.0 Å². The maximum absolute atomic E-state index is 13.3. The topological polar surface area (TPSA) is 0 Å². The van der Waals surface area contributed by atoms with E-state index in [1.165, 1.54) is 28.7 Å². The lowest BCUT2D eigenvalue weighted by molar-refractivity contribution is 0.235. The molecule has 126 valence electrons. The molecule has 1 saturated carbocycles. The third-order valence-electron chi connectivity index (χ3n) is 5.05. The van der Waals surface area contributed by atoms with Crippen LogP contribution >= 0.6 is 0 Å². The molecule has 0 radical (unpaired) electrons. The van der Waals surface area contributed by atoms with Crippen LogP contribution in [0.1, 0.15) is 62.5 Å². The van der Waals surface area contributed by atoms with Crippen molar-refractivity contribution < 1.29 is 4.39 Å².